The predicted molar refractivity (Wildman–Crippen MR) is 115 cm³/mol. The molecule has 0 spiro atoms. The largest absolute Gasteiger partial charge is 0.454 e. The van der Waals surface area contributed by atoms with Crippen molar-refractivity contribution in [2.24, 2.45) is 0 Å². The standard InChI is InChI=1S/C23H22N2O3S/c1-25(14-17-11-12-20-21(13-17)28-16-27-20)15-23(26)24-19-9-5-6-10-22(19)29-18-7-3-2-4-8-18/h2-13H,14-16H2,1H3,(H,24,26). The highest BCUT2D eigenvalue weighted by molar-refractivity contribution is 7.99. The van der Waals surface area contributed by atoms with Gasteiger partial charge in [-0.3, -0.25) is 9.69 Å². The minimum atomic E-state index is -0.0469. The van der Waals surface area contributed by atoms with Gasteiger partial charge in [0.05, 0.1) is 12.2 Å². The first-order valence-corrected chi connectivity index (χ1v) is 10.2. The average molecular weight is 407 g/mol. The Hall–Kier alpha value is -2.96. The van der Waals surface area contributed by atoms with Crippen molar-refractivity contribution in [1.82, 2.24) is 4.90 Å². The summed E-state index contributed by atoms with van der Waals surface area (Å²) in [5.41, 5.74) is 1.90. The number of carbonyl (C=O) groups excluding carboxylic acids is 1. The second-order valence-corrected chi connectivity index (χ2v) is 7.93. The lowest BCUT2D eigenvalue weighted by Gasteiger charge is -2.17. The van der Waals surface area contributed by atoms with Crippen molar-refractivity contribution in [2.45, 2.75) is 16.3 Å². The highest BCUT2D eigenvalue weighted by atomic mass is 32.2. The average Bonchev–Trinajstić information content (AvgIpc) is 3.18. The molecule has 1 amide bonds. The number of amides is 1. The van der Waals surface area contributed by atoms with E-state index in [0.717, 1.165) is 32.5 Å². The van der Waals surface area contributed by atoms with Crippen molar-refractivity contribution in [2.75, 3.05) is 25.7 Å². The smallest absolute Gasteiger partial charge is 0.238 e. The number of ether oxygens (including phenoxy) is 2. The van der Waals surface area contributed by atoms with E-state index in [2.05, 4.69) is 17.4 Å². The molecule has 1 N–H and O–H groups in total. The Kier molecular flexibility index (Phi) is 6.03. The number of carbonyl (C=O) groups is 1. The normalized spacial score (nSPS) is 12.2. The van der Waals surface area contributed by atoms with E-state index in [0.29, 0.717) is 13.1 Å². The first-order chi connectivity index (χ1) is 14.2. The Morgan fingerprint density at radius 3 is 2.62 bits per heavy atom. The molecule has 148 valence electrons. The summed E-state index contributed by atoms with van der Waals surface area (Å²) in [4.78, 5) is 16.7. The molecule has 4 rings (SSSR count). The molecule has 0 atom stereocenters. The zero-order chi connectivity index (χ0) is 20.1. The van der Waals surface area contributed by atoms with E-state index in [4.69, 9.17) is 9.47 Å². The van der Waals surface area contributed by atoms with Gasteiger partial charge in [0, 0.05) is 16.3 Å². The van der Waals surface area contributed by atoms with Gasteiger partial charge in [-0.15, -0.1) is 0 Å². The maximum atomic E-state index is 12.6. The molecule has 0 radical (unpaired) electrons. The van der Waals surface area contributed by atoms with Gasteiger partial charge in [-0.25, -0.2) is 0 Å². The first-order valence-electron chi connectivity index (χ1n) is 9.36. The third-order valence-corrected chi connectivity index (χ3v) is 5.52. The van der Waals surface area contributed by atoms with Gasteiger partial charge in [0.25, 0.3) is 0 Å². The van der Waals surface area contributed by atoms with E-state index >= 15 is 0 Å². The quantitative estimate of drug-likeness (QED) is 0.620. The van der Waals surface area contributed by atoms with Crippen LogP contribution in [0.3, 0.4) is 0 Å². The number of fused-ring (bicyclic) bond motifs is 1. The number of benzene rings is 3. The molecule has 3 aromatic carbocycles. The summed E-state index contributed by atoms with van der Waals surface area (Å²) in [6, 6.07) is 23.8. The number of anilines is 1. The molecular formula is C23H22N2O3S. The van der Waals surface area contributed by atoms with Crippen LogP contribution in [-0.4, -0.2) is 31.2 Å². The van der Waals surface area contributed by atoms with E-state index in [-0.39, 0.29) is 12.7 Å². The van der Waals surface area contributed by atoms with Crippen molar-refractivity contribution in [1.29, 1.82) is 0 Å². The summed E-state index contributed by atoms with van der Waals surface area (Å²) in [6.45, 7) is 1.20. The number of rotatable bonds is 7. The van der Waals surface area contributed by atoms with Crippen molar-refractivity contribution in [3.8, 4) is 11.5 Å². The van der Waals surface area contributed by atoms with Crippen LogP contribution in [0.2, 0.25) is 0 Å². The summed E-state index contributed by atoms with van der Waals surface area (Å²) in [5.74, 6) is 1.48. The fraction of sp³-hybridized carbons (Fsp3) is 0.174. The summed E-state index contributed by atoms with van der Waals surface area (Å²) < 4.78 is 10.8. The third-order valence-electron chi connectivity index (χ3n) is 4.44. The Morgan fingerprint density at radius 2 is 1.76 bits per heavy atom. The highest BCUT2D eigenvalue weighted by Crippen LogP contribution is 2.34. The molecule has 0 fully saturated rings. The molecule has 0 saturated heterocycles. The first kappa shape index (κ1) is 19.4. The minimum absolute atomic E-state index is 0.0469. The van der Waals surface area contributed by atoms with E-state index in [1.54, 1.807) is 11.8 Å². The molecule has 1 aliphatic heterocycles. The number of para-hydroxylation sites is 1. The maximum Gasteiger partial charge on any atom is 0.238 e. The van der Waals surface area contributed by atoms with Gasteiger partial charge >= 0.3 is 0 Å². The van der Waals surface area contributed by atoms with Crippen LogP contribution in [-0.2, 0) is 11.3 Å². The van der Waals surface area contributed by atoms with Gasteiger partial charge in [0.15, 0.2) is 11.5 Å². The monoisotopic (exact) mass is 406 g/mol. The molecule has 1 heterocycles. The second-order valence-electron chi connectivity index (χ2n) is 6.82. The molecule has 0 bridgehead atoms. The molecule has 6 heteroatoms. The van der Waals surface area contributed by atoms with Crippen LogP contribution in [0.4, 0.5) is 5.69 Å². The van der Waals surface area contributed by atoms with E-state index in [1.807, 2.05) is 72.6 Å². The molecule has 0 saturated carbocycles. The predicted octanol–water partition coefficient (Wildman–Crippen LogP) is 4.64. The van der Waals surface area contributed by atoms with Crippen LogP contribution < -0.4 is 14.8 Å². The minimum Gasteiger partial charge on any atom is -0.454 e. The lowest BCUT2D eigenvalue weighted by Crippen LogP contribution is -2.30. The van der Waals surface area contributed by atoms with Crippen molar-refractivity contribution < 1.29 is 14.3 Å². The lowest BCUT2D eigenvalue weighted by atomic mass is 10.2. The Labute approximate surface area is 174 Å². The van der Waals surface area contributed by atoms with E-state index in [1.165, 1.54) is 0 Å². The molecule has 0 unspecified atom stereocenters. The van der Waals surface area contributed by atoms with Crippen LogP contribution in [0.5, 0.6) is 11.5 Å². The van der Waals surface area contributed by atoms with Crippen LogP contribution in [0.15, 0.2) is 82.6 Å². The summed E-state index contributed by atoms with van der Waals surface area (Å²) in [7, 11) is 1.93. The molecule has 1 aliphatic rings. The van der Waals surface area contributed by atoms with Gasteiger partial charge in [0.1, 0.15) is 0 Å². The van der Waals surface area contributed by atoms with Crippen LogP contribution >= 0.6 is 11.8 Å². The highest BCUT2D eigenvalue weighted by Gasteiger charge is 2.15. The SMILES string of the molecule is CN(CC(=O)Nc1ccccc1Sc1ccccc1)Cc1ccc2c(c1)OCO2. The Balaban J connectivity index is 1.36. The molecular weight excluding hydrogens is 384 g/mol. The van der Waals surface area contributed by atoms with Gasteiger partial charge in [0.2, 0.25) is 12.7 Å². The Bertz CT molecular complexity index is 994. The van der Waals surface area contributed by atoms with Gasteiger partial charge in [-0.05, 0) is 49.0 Å². The fourth-order valence-electron chi connectivity index (χ4n) is 3.12. The summed E-state index contributed by atoms with van der Waals surface area (Å²) in [6.07, 6.45) is 0. The third kappa shape index (κ3) is 5.10. The van der Waals surface area contributed by atoms with Gasteiger partial charge in [-0.1, -0.05) is 48.2 Å². The topological polar surface area (TPSA) is 50.8 Å². The van der Waals surface area contributed by atoms with Gasteiger partial charge < -0.3 is 14.8 Å². The zero-order valence-electron chi connectivity index (χ0n) is 16.1. The molecule has 29 heavy (non-hydrogen) atoms. The van der Waals surface area contributed by atoms with Crippen LogP contribution in [0.25, 0.3) is 0 Å². The summed E-state index contributed by atoms with van der Waals surface area (Å²) >= 11 is 1.63. The molecule has 5 nitrogen and oxygen atoms in total. The number of nitrogens with one attached hydrogen (secondary N) is 1. The molecule has 3 aromatic rings. The molecule has 0 aliphatic carbocycles. The maximum absolute atomic E-state index is 12.6. The number of nitrogens with zero attached hydrogens (tertiary/aromatic N) is 1. The van der Waals surface area contributed by atoms with Crippen molar-refractivity contribution in [3.63, 3.8) is 0 Å². The Morgan fingerprint density at radius 1 is 1.00 bits per heavy atom. The van der Waals surface area contributed by atoms with Crippen molar-refractivity contribution >= 4 is 23.4 Å². The zero-order valence-corrected chi connectivity index (χ0v) is 16.9. The lowest BCUT2D eigenvalue weighted by molar-refractivity contribution is -0.117. The van der Waals surface area contributed by atoms with E-state index in [9.17, 15) is 4.79 Å². The van der Waals surface area contributed by atoms with Crippen molar-refractivity contribution in [3.05, 3.63) is 78.4 Å². The van der Waals surface area contributed by atoms with Gasteiger partial charge in [-0.2, -0.15) is 0 Å². The van der Waals surface area contributed by atoms with E-state index < -0.39 is 0 Å². The number of likely N-dealkylation sites (N-methyl/N-ethyl adjacent to an activating group) is 1. The second kappa shape index (κ2) is 9.03. The number of hydrogen-bond donors (Lipinski definition) is 1. The fourth-order valence-corrected chi connectivity index (χ4v) is 4.04. The van der Waals surface area contributed by atoms with Crippen LogP contribution in [0, 0.1) is 0 Å². The summed E-state index contributed by atoms with van der Waals surface area (Å²) in [5, 5.41) is 3.04. The molecule has 0 aromatic heterocycles. The number of hydrogen-bond acceptors (Lipinski definition) is 5. The van der Waals surface area contributed by atoms with Crippen LogP contribution in [0.1, 0.15) is 5.56 Å².